The van der Waals surface area contributed by atoms with Crippen molar-refractivity contribution in [2.75, 3.05) is 26.3 Å². The number of aliphatic hydroxyl groups is 1. The number of nitrogens with zero attached hydrogens (tertiary/aromatic N) is 1. The molecule has 0 saturated carbocycles. The van der Waals surface area contributed by atoms with Gasteiger partial charge in [0.1, 0.15) is 0 Å². The standard InChI is InChI=1S/C17H26ClN3O2.HI/c1-3-19-16(20-12-17(22)8-10-23-11-9-17)21-13(2)14-6-4-5-7-15(14)18;/h4-7,13,22H,3,8-12H2,1-2H3,(H2,19,20,21);1H. The molecule has 1 heterocycles. The molecule has 0 radical (unpaired) electrons. The third-order valence-corrected chi connectivity index (χ3v) is 4.37. The first-order chi connectivity index (χ1) is 11.0. The molecule has 1 aromatic carbocycles. The van der Waals surface area contributed by atoms with Crippen LogP contribution in [0, 0.1) is 0 Å². The zero-order chi connectivity index (χ0) is 16.7. The number of benzene rings is 1. The Balaban J connectivity index is 0.00000288. The van der Waals surface area contributed by atoms with Crippen LogP contribution in [-0.2, 0) is 4.74 Å². The van der Waals surface area contributed by atoms with Crippen LogP contribution in [0.1, 0.15) is 38.3 Å². The molecule has 1 aromatic rings. The van der Waals surface area contributed by atoms with Crippen LogP contribution in [0.15, 0.2) is 29.3 Å². The summed E-state index contributed by atoms with van der Waals surface area (Å²) < 4.78 is 5.30. The Bertz CT molecular complexity index is 536. The fourth-order valence-corrected chi connectivity index (χ4v) is 2.86. The zero-order valence-corrected chi connectivity index (χ0v) is 17.3. The molecule has 1 atom stereocenters. The minimum Gasteiger partial charge on any atom is -0.388 e. The molecule has 1 unspecified atom stereocenters. The van der Waals surface area contributed by atoms with Gasteiger partial charge in [-0.1, -0.05) is 29.8 Å². The first kappa shape index (κ1) is 21.5. The quantitative estimate of drug-likeness (QED) is 0.354. The van der Waals surface area contributed by atoms with E-state index >= 15 is 0 Å². The lowest BCUT2D eigenvalue weighted by Crippen LogP contribution is -2.43. The van der Waals surface area contributed by atoms with Gasteiger partial charge in [-0.15, -0.1) is 24.0 Å². The van der Waals surface area contributed by atoms with Crippen molar-refractivity contribution in [3.05, 3.63) is 34.9 Å². The molecular formula is C17H27ClIN3O2. The first-order valence-electron chi connectivity index (χ1n) is 8.13. The Morgan fingerprint density at radius 2 is 2.04 bits per heavy atom. The maximum atomic E-state index is 10.5. The van der Waals surface area contributed by atoms with E-state index in [4.69, 9.17) is 16.3 Å². The van der Waals surface area contributed by atoms with Crippen molar-refractivity contribution < 1.29 is 9.84 Å². The smallest absolute Gasteiger partial charge is 0.191 e. The molecule has 0 aliphatic carbocycles. The highest BCUT2D eigenvalue weighted by Gasteiger charge is 2.29. The summed E-state index contributed by atoms with van der Waals surface area (Å²) in [7, 11) is 0. The predicted molar refractivity (Wildman–Crippen MR) is 109 cm³/mol. The summed E-state index contributed by atoms with van der Waals surface area (Å²) in [6.45, 7) is 6.35. The highest BCUT2D eigenvalue weighted by molar-refractivity contribution is 14.0. The van der Waals surface area contributed by atoms with Crippen molar-refractivity contribution in [2.45, 2.75) is 38.3 Å². The number of ether oxygens (including phenoxy) is 1. The lowest BCUT2D eigenvalue weighted by atomic mass is 9.95. The Labute approximate surface area is 166 Å². The average Bonchev–Trinajstić information content (AvgIpc) is 2.54. The van der Waals surface area contributed by atoms with E-state index in [0.717, 1.165) is 17.1 Å². The number of nitrogens with one attached hydrogen (secondary N) is 2. The fourth-order valence-electron chi connectivity index (χ4n) is 2.56. The van der Waals surface area contributed by atoms with Gasteiger partial charge in [0, 0.05) is 37.6 Å². The van der Waals surface area contributed by atoms with Crippen LogP contribution < -0.4 is 10.6 Å². The van der Waals surface area contributed by atoms with Crippen molar-refractivity contribution in [1.82, 2.24) is 10.6 Å². The Hall–Kier alpha value is -0.570. The molecule has 7 heteroatoms. The van der Waals surface area contributed by atoms with E-state index < -0.39 is 5.60 Å². The molecular weight excluding hydrogens is 441 g/mol. The van der Waals surface area contributed by atoms with Crippen LogP contribution in [0.5, 0.6) is 0 Å². The van der Waals surface area contributed by atoms with Crippen LogP contribution in [0.4, 0.5) is 0 Å². The number of aliphatic imine (C=N–C) groups is 1. The van der Waals surface area contributed by atoms with Crippen LogP contribution >= 0.6 is 35.6 Å². The number of rotatable bonds is 5. The molecule has 136 valence electrons. The third-order valence-electron chi connectivity index (χ3n) is 4.02. The summed E-state index contributed by atoms with van der Waals surface area (Å²) in [5.41, 5.74) is 0.248. The van der Waals surface area contributed by atoms with E-state index in [1.807, 2.05) is 38.1 Å². The maximum absolute atomic E-state index is 10.5. The molecule has 0 aromatic heterocycles. The second-order valence-electron chi connectivity index (χ2n) is 5.92. The first-order valence-corrected chi connectivity index (χ1v) is 8.51. The van der Waals surface area contributed by atoms with Crippen LogP contribution in [0.3, 0.4) is 0 Å². The molecule has 0 amide bonds. The molecule has 5 nitrogen and oxygen atoms in total. The van der Waals surface area contributed by atoms with Crippen LogP contribution in [0.2, 0.25) is 5.02 Å². The average molecular weight is 468 g/mol. The maximum Gasteiger partial charge on any atom is 0.191 e. The van der Waals surface area contributed by atoms with Crippen molar-refractivity contribution in [1.29, 1.82) is 0 Å². The largest absolute Gasteiger partial charge is 0.388 e. The molecule has 1 fully saturated rings. The summed E-state index contributed by atoms with van der Waals surface area (Å²) in [6.07, 6.45) is 1.24. The SMILES string of the molecule is CCNC(=NCC1(O)CCOCC1)NC(C)c1ccccc1Cl.I. The summed E-state index contributed by atoms with van der Waals surface area (Å²) >= 11 is 6.25. The Morgan fingerprint density at radius 3 is 2.67 bits per heavy atom. The van der Waals surface area contributed by atoms with Gasteiger partial charge in [-0.25, -0.2) is 0 Å². The van der Waals surface area contributed by atoms with Gasteiger partial charge in [-0.05, 0) is 25.5 Å². The Morgan fingerprint density at radius 1 is 1.38 bits per heavy atom. The molecule has 24 heavy (non-hydrogen) atoms. The van der Waals surface area contributed by atoms with E-state index in [2.05, 4.69) is 15.6 Å². The van der Waals surface area contributed by atoms with Gasteiger partial charge in [0.15, 0.2) is 5.96 Å². The molecule has 1 aliphatic rings. The third kappa shape index (κ3) is 6.38. The highest BCUT2D eigenvalue weighted by atomic mass is 127. The summed E-state index contributed by atoms with van der Waals surface area (Å²) in [4.78, 5) is 4.55. The predicted octanol–water partition coefficient (Wildman–Crippen LogP) is 3.12. The van der Waals surface area contributed by atoms with Gasteiger partial charge in [-0.3, -0.25) is 4.99 Å². The van der Waals surface area contributed by atoms with Crippen LogP contribution in [-0.4, -0.2) is 43.0 Å². The van der Waals surface area contributed by atoms with E-state index in [1.54, 1.807) is 0 Å². The molecule has 2 rings (SSSR count). The minimum absolute atomic E-state index is 0. The Kier molecular flexibility index (Phi) is 9.33. The van der Waals surface area contributed by atoms with Gasteiger partial charge in [0.2, 0.25) is 0 Å². The van der Waals surface area contributed by atoms with Crippen molar-refractivity contribution >= 4 is 41.5 Å². The lowest BCUT2D eigenvalue weighted by molar-refractivity contribution is -0.0566. The molecule has 3 N–H and O–H groups in total. The monoisotopic (exact) mass is 467 g/mol. The van der Waals surface area contributed by atoms with Crippen molar-refractivity contribution in [3.63, 3.8) is 0 Å². The van der Waals surface area contributed by atoms with Gasteiger partial charge in [0.05, 0.1) is 18.2 Å². The fraction of sp³-hybridized carbons (Fsp3) is 0.588. The van der Waals surface area contributed by atoms with Gasteiger partial charge >= 0.3 is 0 Å². The zero-order valence-electron chi connectivity index (χ0n) is 14.2. The molecule has 0 spiro atoms. The lowest BCUT2D eigenvalue weighted by Gasteiger charge is -2.30. The van der Waals surface area contributed by atoms with E-state index in [9.17, 15) is 5.11 Å². The second kappa shape index (κ2) is 10.4. The number of hydrogen-bond acceptors (Lipinski definition) is 3. The minimum atomic E-state index is -0.770. The van der Waals surface area contributed by atoms with Gasteiger partial charge < -0.3 is 20.5 Å². The van der Waals surface area contributed by atoms with E-state index in [1.165, 1.54) is 0 Å². The second-order valence-corrected chi connectivity index (χ2v) is 6.33. The number of guanidine groups is 1. The summed E-state index contributed by atoms with van der Waals surface area (Å²) in [6, 6.07) is 7.78. The number of halogens is 2. The topological polar surface area (TPSA) is 65.9 Å². The van der Waals surface area contributed by atoms with Crippen molar-refractivity contribution in [3.8, 4) is 0 Å². The molecule has 1 saturated heterocycles. The van der Waals surface area contributed by atoms with Crippen molar-refractivity contribution in [2.24, 2.45) is 4.99 Å². The van der Waals surface area contributed by atoms with Crippen LogP contribution in [0.25, 0.3) is 0 Å². The molecule has 1 aliphatic heterocycles. The molecule has 0 bridgehead atoms. The normalized spacial score (nSPS) is 18.4. The van der Waals surface area contributed by atoms with Gasteiger partial charge in [0.25, 0.3) is 0 Å². The van der Waals surface area contributed by atoms with E-state index in [0.29, 0.717) is 38.6 Å². The van der Waals surface area contributed by atoms with E-state index in [-0.39, 0.29) is 30.0 Å². The summed E-state index contributed by atoms with van der Waals surface area (Å²) in [5, 5.41) is 17.8. The summed E-state index contributed by atoms with van der Waals surface area (Å²) in [5.74, 6) is 0.680. The number of hydrogen-bond donors (Lipinski definition) is 3. The highest BCUT2D eigenvalue weighted by Crippen LogP contribution is 2.23. The van der Waals surface area contributed by atoms with Gasteiger partial charge in [-0.2, -0.15) is 0 Å².